The number of likely N-dealkylation sites (N-methyl/N-ethyl adjacent to an activating group) is 1. The van der Waals surface area contributed by atoms with Gasteiger partial charge in [-0.3, -0.25) is 4.21 Å². The molecule has 2 aliphatic heterocycles. The number of halogens is 2. The van der Waals surface area contributed by atoms with Gasteiger partial charge in [0, 0.05) is 39.7 Å². The fraction of sp³-hybridized carbons (Fsp3) is 0.379. The van der Waals surface area contributed by atoms with Crippen LogP contribution in [0.2, 0.25) is 10.0 Å². The Morgan fingerprint density at radius 3 is 2.29 bits per heavy atom. The molecule has 0 radical (unpaired) electrons. The summed E-state index contributed by atoms with van der Waals surface area (Å²) >= 11 is 12.7. The van der Waals surface area contributed by atoms with Crippen LogP contribution in [0.15, 0.2) is 82.6 Å². The molecule has 3 aromatic carbocycles. The smallest absolute Gasteiger partial charge is 0.242 e. The van der Waals surface area contributed by atoms with Gasteiger partial charge in [-0.25, -0.2) is 12.7 Å². The maximum absolute atomic E-state index is 13.2. The van der Waals surface area contributed by atoms with Crippen molar-refractivity contribution in [3.63, 3.8) is 0 Å². The third-order valence-electron chi connectivity index (χ3n) is 8.00. The summed E-state index contributed by atoms with van der Waals surface area (Å²) < 4.78 is 40.7. The number of nitrogens with zero attached hydrogens (tertiary/aromatic N) is 2. The highest BCUT2D eigenvalue weighted by atomic mass is 35.5. The van der Waals surface area contributed by atoms with E-state index in [-0.39, 0.29) is 16.2 Å². The van der Waals surface area contributed by atoms with Gasteiger partial charge >= 0.3 is 0 Å². The molecule has 2 heterocycles. The van der Waals surface area contributed by atoms with E-state index >= 15 is 0 Å². The maximum atomic E-state index is 13.2. The number of fused-ring (bicyclic) bond motifs is 2. The average molecular weight is 592 g/mol. The molecule has 0 unspecified atom stereocenters. The predicted octanol–water partition coefficient (Wildman–Crippen LogP) is 5.94. The minimum absolute atomic E-state index is 0.00180. The Hall–Kier alpha value is -1.74. The molecule has 1 spiro atoms. The molecule has 5 nitrogen and oxygen atoms in total. The van der Waals surface area contributed by atoms with Gasteiger partial charge in [-0.2, -0.15) is 0 Å². The van der Waals surface area contributed by atoms with Gasteiger partial charge in [0.2, 0.25) is 10.0 Å². The van der Waals surface area contributed by atoms with Gasteiger partial charge in [-0.15, -0.1) is 0 Å². The van der Waals surface area contributed by atoms with Crippen molar-refractivity contribution in [3.05, 3.63) is 94.0 Å². The van der Waals surface area contributed by atoms with Crippen LogP contribution in [-0.2, 0) is 26.2 Å². The van der Waals surface area contributed by atoms with E-state index in [1.54, 1.807) is 43.4 Å². The second kappa shape index (κ2) is 11.4. The first-order valence-corrected chi connectivity index (χ1v) is 16.4. The zero-order chi connectivity index (χ0) is 26.9. The van der Waals surface area contributed by atoms with E-state index in [2.05, 4.69) is 17.0 Å². The van der Waals surface area contributed by atoms with Crippen LogP contribution in [0.25, 0.3) is 0 Å². The summed E-state index contributed by atoms with van der Waals surface area (Å²) in [6.45, 7) is 2.99. The minimum Gasteiger partial charge on any atom is -0.303 e. The highest BCUT2D eigenvalue weighted by Crippen LogP contribution is 2.45. The molecule has 202 valence electrons. The van der Waals surface area contributed by atoms with E-state index in [9.17, 15) is 12.6 Å². The summed E-state index contributed by atoms with van der Waals surface area (Å²) in [6.07, 6.45) is 2.72. The fourth-order valence-electron chi connectivity index (χ4n) is 5.82. The molecule has 3 aromatic rings. The first-order valence-electron chi connectivity index (χ1n) is 12.9. The summed E-state index contributed by atoms with van der Waals surface area (Å²) in [6, 6.07) is 22.2. The molecule has 2 atom stereocenters. The Kier molecular flexibility index (Phi) is 8.34. The Bertz CT molecular complexity index is 1400. The second-order valence-corrected chi connectivity index (χ2v) is 14.7. The molecule has 5 rings (SSSR count). The Labute approximate surface area is 238 Å². The topological polar surface area (TPSA) is 57.7 Å². The Balaban J connectivity index is 1.29. The van der Waals surface area contributed by atoms with Crippen LogP contribution in [0.3, 0.4) is 0 Å². The monoisotopic (exact) mass is 590 g/mol. The number of sulfonamides is 1. The van der Waals surface area contributed by atoms with Gasteiger partial charge in [0.15, 0.2) is 0 Å². The first kappa shape index (κ1) is 27.8. The second-order valence-electron chi connectivity index (χ2n) is 10.4. The van der Waals surface area contributed by atoms with Crippen molar-refractivity contribution in [3.8, 4) is 0 Å². The van der Waals surface area contributed by atoms with Crippen LogP contribution in [-0.4, -0.2) is 60.8 Å². The van der Waals surface area contributed by atoms with Gasteiger partial charge in [0.1, 0.15) is 0 Å². The lowest BCUT2D eigenvalue weighted by Gasteiger charge is -2.40. The first-order chi connectivity index (χ1) is 18.2. The number of hydrogen-bond donors (Lipinski definition) is 0. The van der Waals surface area contributed by atoms with Gasteiger partial charge in [0.25, 0.3) is 0 Å². The van der Waals surface area contributed by atoms with Crippen LogP contribution in [0.4, 0.5) is 0 Å². The minimum atomic E-state index is -3.63. The van der Waals surface area contributed by atoms with E-state index < -0.39 is 20.8 Å². The lowest BCUT2D eigenvalue weighted by atomic mass is 9.74. The van der Waals surface area contributed by atoms with E-state index in [1.165, 1.54) is 9.87 Å². The lowest BCUT2D eigenvalue weighted by molar-refractivity contribution is 0.165. The van der Waals surface area contributed by atoms with Crippen LogP contribution in [0.1, 0.15) is 36.3 Å². The third-order valence-corrected chi connectivity index (χ3v) is 11.9. The highest BCUT2D eigenvalue weighted by molar-refractivity contribution is 7.89. The third kappa shape index (κ3) is 5.74. The van der Waals surface area contributed by atoms with Crippen LogP contribution < -0.4 is 0 Å². The van der Waals surface area contributed by atoms with Crippen molar-refractivity contribution >= 4 is 44.0 Å². The van der Waals surface area contributed by atoms with Gasteiger partial charge < -0.3 is 4.90 Å². The molecule has 0 aromatic heterocycles. The van der Waals surface area contributed by atoms with E-state index in [4.69, 9.17) is 23.2 Å². The molecular formula is C29H32Cl2N2O3S2. The van der Waals surface area contributed by atoms with Crippen molar-refractivity contribution in [1.82, 2.24) is 9.21 Å². The predicted molar refractivity (Wildman–Crippen MR) is 155 cm³/mol. The standard InChI is InChI=1S/C29H32Cl2N2O3S2/c1-32(38(35,36)26-7-3-2-4-8-26)20-22(23-17-24(30)19-25(31)18-23)11-14-33-15-12-29(13-16-33)21-37(34)28-10-6-5-9-27(28)29/h2-10,17-19,22H,11-16,20-21H2,1H3/t22-,37-/m0/s1. The van der Waals surface area contributed by atoms with Crippen molar-refractivity contribution in [2.24, 2.45) is 0 Å². The Morgan fingerprint density at radius 1 is 0.974 bits per heavy atom. The molecule has 1 saturated heterocycles. The van der Waals surface area contributed by atoms with Crippen molar-refractivity contribution in [2.75, 3.05) is 39.0 Å². The molecular weight excluding hydrogens is 559 g/mol. The normalized spacial score (nSPS) is 20.1. The van der Waals surface area contributed by atoms with Crippen molar-refractivity contribution in [2.45, 2.75) is 40.4 Å². The summed E-state index contributed by atoms with van der Waals surface area (Å²) in [7, 11) is -2.92. The van der Waals surface area contributed by atoms with E-state index in [0.717, 1.165) is 49.4 Å². The molecule has 0 N–H and O–H groups in total. The lowest BCUT2D eigenvalue weighted by Crippen LogP contribution is -2.44. The quantitative estimate of drug-likeness (QED) is 0.325. The molecule has 0 saturated carbocycles. The molecule has 0 aliphatic carbocycles. The Morgan fingerprint density at radius 2 is 1.61 bits per heavy atom. The van der Waals surface area contributed by atoms with Gasteiger partial charge in [-0.1, -0.05) is 59.6 Å². The van der Waals surface area contributed by atoms with Crippen molar-refractivity contribution in [1.29, 1.82) is 0 Å². The summed E-state index contributed by atoms with van der Waals surface area (Å²) in [4.78, 5) is 3.72. The summed E-state index contributed by atoms with van der Waals surface area (Å²) in [5.41, 5.74) is 2.20. The summed E-state index contributed by atoms with van der Waals surface area (Å²) in [5, 5.41) is 1.08. The SMILES string of the molecule is CN(C[C@H](CCN1CCC2(CC1)C[S@](=O)c1ccccc12)c1cc(Cl)cc(Cl)c1)S(=O)(=O)c1ccccc1. The summed E-state index contributed by atoms with van der Waals surface area (Å²) in [5.74, 6) is 0.636. The zero-order valence-electron chi connectivity index (χ0n) is 21.4. The maximum Gasteiger partial charge on any atom is 0.242 e. The molecule has 38 heavy (non-hydrogen) atoms. The molecule has 0 bridgehead atoms. The van der Waals surface area contributed by atoms with E-state index in [0.29, 0.717) is 22.3 Å². The molecule has 0 amide bonds. The van der Waals surface area contributed by atoms with Gasteiger partial charge in [0.05, 0.1) is 15.7 Å². The largest absolute Gasteiger partial charge is 0.303 e. The average Bonchev–Trinajstić information content (AvgIpc) is 3.18. The van der Waals surface area contributed by atoms with Crippen LogP contribution >= 0.6 is 23.2 Å². The number of likely N-dealkylation sites (tertiary alicyclic amines) is 1. The highest BCUT2D eigenvalue weighted by Gasteiger charge is 2.44. The van der Waals surface area contributed by atoms with Crippen LogP contribution in [0, 0.1) is 0 Å². The molecule has 1 fully saturated rings. The molecule has 9 heteroatoms. The zero-order valence-corrected chi connectivity index (χ0v) is 24.5. The molecule has 2 aliphatic rings. The fourth-order valence-corrected chi connectivity index (χ4v) is 9.46. The number of hydrogen-bond acceptors (Lipinski definition) is 4. The van der Waals surface area contributed by atoms with Crippen LogP contribution in [0.5, 0.6) is 0 Å². The number of rotatable bonds is 8. The van der Waals surface area contributed by atoms with Crippen molar-refractivity contribution < 1.29 is 12.6 Å². The van der Waals surface area contributed by atoms with Gasteiger partial charge in [-0.05, 0) is 92.3 Å². The van der Waals surface area contributed by atoms with E-state index in [1.807, 2.05) is 24.3 Å². The number of benzene rings is 3. The number of piperidine rings is 1.